The molecular weight excluding hydrogens is 199 g/mol. The molecule has 5 N–H and O–H groups in total. The second kappa shape index (κ2) is 8.69. The fourth-order valence-corrected chi connectivity index (χ4v) is 0. The van der Waals surface area contributed by atoms with E-state index < -0.39 is 7.82 Å². The van der Waals surface area contributed by atoms with E-state index in [-0.39, 0.29) is 54.5 Å². The molecule has 0 spiro atoms. The van der Waals surface area contributed by atoms with Gasteiger partial charge < -0.3 is 20.2 Å². The third-order valence-electron chi connectivity index (χ3n) is 0. The molecule has 0 aromatic heterocycles. The Labute approximate surface area is 81.1 Å². The Balaban J connectivity index is -0.0000000267. The average Bonchev–Trinajstić information content (AvgIpc) is 0.722. The summed E-state index contributed by atoms with van der Waals surface area (Å²) in [6, 6.07) is 0. The summed E-state index contributed by atoms with van der Waals surface area (Å²) < 4.78 is 8.88. The molecule has 0 heterocycles. The Morgan fingerprint density at radius 2 is 1.12 bits per heavy atom. The van der Waals surface area contributed by atoms with E-state index in [1.807, 2.05) is 0 Å². The molecule has 0 aromatic carbocycles. The van der Waals surface area contributed by atoms with Crippen molar-refractivity contribution in [2.24, 2.45) is 0 Å². The fraction of sp³-hybridized carbons (Fsp3) is 0. The third-order valence-corrected chi connectivity index (χ3v) is 0. The van der Waals surface area contributed by atoms with Crippen LogP contribution in [0.5, 0.6) is 0 Å². The van der Waals surface area contributed by atoms with Crippen molar-refractivity contribution < 1.29 is 44.2 Å². The number of hydrogen-bond acceptors (Lipinski definition) is 1. The van der Waals surface area contributed by atoms with Crippen LogP contribution in [0.2, 0.25) is 0 Å². The quantitative estimate of drug-likeness (QED) is 0.302. The summed E-state index contributed by atoms with van der Waals surface area (Å²) in [4.78, 5) is 21.6. The van der Waals surface area contributed by atoms with Gasteiger partial charge in [0.15, 0.2) is 0 Å². The normalized spacial score (nSPS) is 7.38. The number of phosphoric acid groups is 1. The van der Waals surface area contributed by atoms with E-state index in [4.69, 9.17) is 19.2 Å². The third kappa shape index (κ3) is 120. The van der Waals surface area contributed by atoms with Crippen molar-refractivity contribution in [1.29, 1.82) is 0 Å². The maximum absolute atomic E-state index is 8.88. The Kier molecular flexibility index (Phi) is 24.6. The van der Waals surface area contributed by atoms with E-state index in [0.717, 1.165) is 0 Å². The van der Waals surface area contributed by atoms with E-state index in [0.29, 0.717) is 0 Å². The molecule has 0 saturated heterocycles. The first-order valence-electron chi connectivity index (χ1n) is 0.783. The summed E-state index contributed by atoms with van der Waals surface area (Å²) in [5.74, 6) is 0. The molecule has 0 aliphatic carbocycles. The van der Waals surface area contributed by atoms with Gasteiger partial charge in [-0.15, -0.1) is 0 Å². The molecule has 0 radical (unpaired) electrons. The van der Waals surface area contributed by atoms with Crippen molar-refractivity contribution in [1.82, 2.24) is 0 Å². The van der Waals surface area contributed by atoms with Gasteiger partial charge in [0.05, 0.1) is 0 Å². The first-order valence-corrected chi connectivity index (χ1v) is 2.35. The van der Waals surface area contributed by atoms with Gasteiger partial charge in [0, 0.05) is 19.5 Å². The zero-order chi connectivity index (χ0) is 4.50. The summed E-state index contributed by atoms with van der Waals surface area (Å²) >= 11 is 0. The monoisotopic (exact) mass is 204 g/mol. The molecule has 0 aliphatic rings. The van der Waals surface area contributed by atoms with Gasteiger partial charge in [-0.25, -0.2) is 4.57 Å². The molecule has 0 unspecified atom stereocenters. The van der Waals surface area contributed by atoms with Gasteiger partial charge in [-0.2, -0.15) is 0 Å². The standard InChI is InChI=1S/Na.H3O4P.H2O.Zn.H/c;1-5(2,3)4;;;/h;(H3,1,2,3,4);1H2;;. The predicted molar refractivity (Wildman–Crippen MR) is 25.0 cm³/mol. The summed E-state index contributed by atoms with van der Waals surface area (Å²) in [7, 11) is -4.64. The minimum atomic E-state index is -4.64. The first-order chi connectivity index (χ1) is 2.00. The Morgan fingerprint density at radius 3 is 1.12 bits per heavy atom. The smallest absolute Gasteiger partial charge is 0 e. The fourth-order valence-electron chi connectivity index (χ4n) is 0. The van der Waals surface area contributed by atoms with Gasteiger partial charge in [-0.1, -0.05) is 0 Å². The molecule has 0 atom stereocenters. The Morgan fingerprint density at radius 1 is 1.12 bits per heavy atom. The van der Waals surface area contributed by atoms with Crippen LogP contribution in [0.1, 0.15) is 0 Å². The Hall–Kier alpha value is 1.69. The molecule has 5 nitrogen and oxygen atoms in total. The van der Waals surface area contributed by atoms with Crippen LogP contribution in [0.3, 0.4) is 0 Å². The molecule has 8 heavy (non-hydrogen) atoms. The van der Waals surface area contributed by atoms with E-state index in [1.165, 1.54) is 0 Å². The van der Waals surface area contributed by atoms with Gasteiger partial charge in [-0.3, -0.25) is 0 Å². The molecular formula is H6NaO5PZn. The zero-order valence-electron chi connectivity index (χ0n) is 3.40. The topological polar surface area (TPSA) is 109 Å². The van der Waals surface area contributed by atoms with Crippen molar-refractivity contribution >= 4 is 37.4 Å². The summed E-state index contributed by atoms with van der Waals surface area (Å²) in [6.45, 7) is 0. The van der Waals surface area contributed by atoms with Crippen LogP contribution in [-0.4, -0.2) is 49.7 Å². The van der Waals surface area contributed by atoms with Gasteiger partial charge in [0.2, 0.25) is 0 Å². The maximum Gasteiger partial charge on any atom is 0 e. The predicted octanol–water partition coefficient (Wildman–Crippen LogP) is -2.40. The van der Waals surface area contributed by atoms with Gasteiger partial charge in [0.1, 0.15) is 0 Å². The average molecular weight is 205 g/mol. The maximum atomic E-state index is 8.88. The summed E-state index contributed by atoms with van der Waals surface area (Å²) in [5.41, 5.74) is 0. The van der Waals surface area contributed by atoms with Crippen LogP contribution < -0.4 is 0 Å². The van der Waals surface area contributed by atoms with Crippen LogP contribution in [0.4, 0.5) is 0 Å². The first kappa shape index (κ1) is 22.6. The SMILES string of the molecule is O.O=P(O)(O)O.[NaH].[Zn]. The second-order valence-corrected chi connectivity index (χ2v) is 1.54. The Bertz CT molecular complexity index is 58.6. The van der Waals surface area contributed by atoms with Crippen LogP contribution >= 0.6 is 7.82 Å². The minimum absolute atomic E-state index is 0. The summed E-state index contributed by atoms with van der Waals surface area (Å²) in [6.07, 6.45) is 0. The molecule has 0 bridgehead atoms. The van der Waals surface area contributed by atoms with Crippen molar-refractivity contribution in [2.75, 3.05) is 0 Å². The minimum Gasteiger partial charge on any atom is 0 e. The molecule has 8 heteroatoms. The van der Waals surface area contributed by atoms with Crippen molar-refractivity contribution in [2.45, 2.75) is 0 Å². The summed E-state index contributed by atoms with van der Waals surface area (Å²) in [5, 5.41) is 0. The molecule has 44 valence electrons. The van der Waals surface area contributed by atoms with Crippen molar-refractivity contribution in [3.05, 3.63) is 0 Å². The largest absolute Gasteiger partial charge is 0 e. The zero-order valence-corrected chi connectivity index (χ0v) is 7.27. The molecule has 0 aliphatic heterocycles. The van der Waals surface area contributed by atoms with Crippen molar-refractivity contribution in [3.8, 4) is 0 Å². The van der Waals surface area contributed by atoms with E-state index in [1.54, 1.807) is 0 Å². The molecule has 0 fully saturated rings. The van der Waals surface area contributed by atoms with E-state index in [2.05, 4.69) is 0 Å². The molecule has 0 aromatic rings. The number of rotatable bonds is 0. The molecule has 0 rings (SSSR count). The second-order valence-electron chi connectivity index (χ2n) is 0.513. The van der Waals surface area contributed by atoms with Crippen molar-refractivity contribution in [3.63, 3.8) is 0 Å². The van der Waals surface area contributed by atoms with Crippen LogP contribution in [0.15, 0.2) is 0 Å². The van der Waals surface area contributed by atoms with E-state index >= 15 is 0 Å². The van der Waals surface area contributed by atoms with Crippen LogP contribution in [0, 0.1) is 0 Å². The van der Waals surface area contributed by atoms with Gasteiger partial charge >= 0.3 is 37.4 Å². The number of hydrogen-bond donors (Lipinski definition) is 3. The molecule has 0 saturated carbocycles. The van der Waals surface area contributed by atoms with E-state index in [9.17, 15) is 0 Å². The van der Waals surface area contributed by atoms with Crippen LogP contribution in [-0.2, 0) is 24.0 Å². The van der Waals surface area contributed by atoms with Gasteiger partial charge in [0.25, 0.3) is 0 Å². The van der Waals surface area contributed by atoms with Gasteiger partial charge in [-0.05, 0) is 0 Å². The van der Waals surface area contributed by atoms with Crippen LogP contribution in [0.25, 0.3) is 0 Å². The molecule has 0 amide bonds.